The van der Waals surface area contributed by atoms with E-state index in [9.17, 15) is 9.59 Å². The molecule has 2 aliphatic heterocycles. The summed E-state index contributed by atoms with van der Waals surface area (Å²) in [5.74, 6) is 0.00394. The Hall–Kier alpha value is -2.82. The molecule has 1 fully saturated rings. The van der Waals surface area contributed by atoms with E-state index < -0.39 is 0 Å². The van der Waals surface area contributed by atoms with E-state index in [0.717, 1.165) is 56.6 Å². The van der Waals surface area contributed by atoms with Crippen molar-refractivity contribution in [3.63, 3.8) is 0 Å². The standard InChI is InChI=1S/C26H31N3O2/c1-2-28-23-17-19(14-15-21(23)26(31)29-16-7-3-4-13-24(28)29)25(30)27-22-12-8-10-18-9-5-6-11-20(18)22/h8,10,12,14-15,17,24H,2-7,9,11,13,16H2,1H3,(H,27,30). The molecule has 0 bridgehead atoms. The number of rotatable bonds is 3. The Kier molecular flexibility index (Phi) is 5.43. The van der Waals surface area contributed by atoms with Crippen LogP contribution in [-0.4, -0.2) is 36.0 Å². The molecule has 1 atom stereocenters. The molecule has 0 saturated carbocycles. The molecule has 2 amide bonds. The number of carbonyl (C=O) groups excluding carboxylic acids is 2. The lowest BCUT2D eigenvalue weighted by atomic mass is 9.90. The van der Waals surface area contributed by atoms with Gasteiger partial charge in [0.1, 0.15) is 6.17 Å². The van der Waals surface area contributed by atoms with Crippen LogP contribution in [0.15, 0.2) is 36.4 Å². The van der Waals surface area contributed by atoms with Crippen molar-refractivity contribution in [2.75, 3.05) is 23.3 Å². The van der Waals surface area contributed by atoms with Crippen molar-refractivity contribution in [1.82, 2.24) is 4.90 Å². The zero-order valence-corrected chi connectivity index (χ0v) is 18.3. The number of anilines is 2. The fraction of sp³-hybridized carbons (Fsp3) is 0.462. The molecule has 0 radical (unpaired) electrons. The molecular formula is C26H31N3O2. The van der Waals surface area contributed by atoms with Gasteiger partial charge in [-0.3, -0.25) is 9.59 Å². The van der Waals surface area contributed by atoms with Crippen LogP contribution in [0.1, 0.15) is 77.3 Å². The molecular weight excluding hydrogens is 386 g/mol. The van der Waals surface area contributed by atoms with Gasteiger partial charge in [-0.1, -0.05) is 18.6 Å². The monoisotopic (exact) mass is 417 g/mol. The lowest BCUT2D eigenvalue weighted by Gasteiger charge is -2.44. The first-order valence-electron chi connectivity index (χ1n) is 11.8. The third kappa shape index (κ3) is 3.60. The van der Waals surface area contributed by atoms with Gasteiger partial charge in [-0.15, -0.1) is 0 Å². The van der Waals surface area contributed by atoms with Crippen LogP contribution in [0.25, 0.3) is 0 Å². The van der Waals surface area contributed by atoms with Gasteiger partial charge < -0.3 is 15.1 Å². The Labute approximate surface area is 184 Å². The number of carbonyl (C=O) groups is 2. The van der Waals surface area contributed by atoms with Crippen LogP contribution in [-0.2, 0) is 12.8 Å². The van der Waals surface area contributed by atoms with Crippen molar-refractivity contribution in [3.8, 4) is 0 Å². The maximum atomic E-state index is 13.2. The van der Waals surface area contributed by atoms with Crippen LogP contribution in [0.3, 0.4) is 0 Å². The van der Waals surface area contributed by atoms with Gasteiger partial charge in [0, 0.05) is 24.3 Å². The third-order valence-corrected chi connectivity index (χ3v) is 7.13. The molecule has 1 saturated heterocycles. The molecule has 0 spiro atoms. The molecule has 2 aromatic carbocycles. The van der Waals surface area contributed by atoms with Crippen molar-refractivity contribution in [2.45, 2.75) is 64.5 Å². The molecule has 1 aliphatic carbocycles. The molecule has 1 N–H and O–H groups in total. The van der Waals surface area contributed by atoms with E-state index in [0.29, 0.717) is 11.1 Å². The predicted molar refractivity (Wildman–Crippen MR) is 124 cm³/mol. The smallest absolute Gasteiger partial charge is 0.257 e. The summed E-state index contributed by atoms with van der Waals surface area (Å²) in [6, 6.07) is 11.8. The van der Waals surface area contributed by atoms with Gasteiger partial charge in [-0.25, -0.2) is 0 Å². The highest BCUT2D eigenvalue weighted by atomic mass is 16.2. The van der Waals surface area contributed by atoms with Crippen LogP contribution in [0, 0.1) is 0 Å². The SMILES string of the molecule is CCN1c2cc(C(=O)Nc3cccc4c3CCCC4)ccc2C(=O)N2CCCCCC21. The summed E-state index contributed by atoms with van der Waals surface area (Å²) >= 11 is 0. The predicted octanol–water partition coefficient (Wildman–Crippen LogP) is 5.00. The second kappa shape index (κ2) is 8.37. The van der Waals surface area contributed by atoms with Crippen LogP contribution < -0.4 is 10.2 Å². The summed E-state index contributed by atoms with van der Waals surface area (Å²) in [4.78, 5) is 30.7. The van der Waals surface area contributed by atoms with Crippen molar-refractivity contribution in [3.05, 3.63) is 58.7 Å². The van der Waals surface area contributed by atoms with E-state index in [1.165, 1.54) is 30.4 Å². The van der Waals surface area contributed by atoms with Crippen molar-refractivity contribution in [1.29, 1.82) is 0 Å². The summed E-state index contributed by atoms with van der Waals surface area (Å²) in [6.07, 6.45) is 8.96. The van der Waals surface area contributed by atoms with E-state index in [1.54, 1.807) is 6.07 Å². The molecule has 2 aromatic rings. The number of nitrogens with one attached hydrogen (secondary N) is 1. The van der Waals surface area contributed by atoms with Crippen LogP contribution in [0.2, 0.25) is 0 Å². The molecule has 0 aromatic heterocycles. The number of aryl methyl sites for hydroxylation is 1. The molecule has 31 heavy (non-hydrogen) atoms. The van der Waals surface area contributed by atoms with Gasteiger partial charge in [0.05, 0.1) is 11.3 Å². The zero-order valence-electron chi connectivity index (χ0n) is 18.3. The molecule has 3 aliphatic rings. The van der Waals surface area contributed by atoms with Crippen molar-refractivity contribution >= 4 is 23.2 Å². The van der Waals surface area contributed by atoms with E-state index >= 15 is 0 Å². The van der Waals surface area contributed by atoms with E-state index in [2.05, 4.69) is 23.2 Å². The molecule has 5 rings (SSSR count). The van der Waals surface area contributed by atoms with Gasteiger partial charge in [-0.2, -0.15) is 0 Å². The zero-order chi connectivity index (χ0) is 21.4. The normalized spacial score (nSPS) is 20.4. The van der Waals surface area contributed by atoms with Gasteiger partial charge in [0.2, 0.25) is 0 Å². The van der Waals surface area contributed by atoms with Gasteiger partial charge in [0.15, 0.2) is 0 Å². The molecule has 5 nitrogen and oxygen atoms in total. The Bertz CT molecular complexity index is 1020. The van der Waals surface area contributed by atoms with Gasteiger partial charge >= 0.3 is 0 Å². The Balaban J connectivity index is 1.46. The minimum atomic E-state index is -0.103. The molecule has 5 heteroatoms. The maximum Gasteiger partial charge on any atom is 0.257 e. The minimum absolute atomic E-state index is 0.103. The first-order valence-corrected chi connectivity index (χ1v) is 11.8. The van der Waals surface area contributed by atoms with Crippen molar-refractivity contribution < 1.29 is 9.59 Å². The highest BCUT2D eigenvalue weighted by molar-refractivity contribution is 6.08. The number of amides is 2. The van der Waals surface area contributed by atoms with Crippen molar-refractivity contribution in [2.24, 2.45) is 0 Å². The highest BCUT2D eigenvalue weighted by Crippen LogP contribution is 2.36. The summed E-state index contributed by atoms with van der Waals surface area (Å²) in [6.45, 7) is 3.77. The minimum Gasteiger partial charge on any atom is -0.351 e. The second-order valence-corrected chi connectivity index (χ2v) is 8.95. The highest BCUT2D eigenvalue weighted by Gasteiger charge is 2.37. The Morgan fingerprint density at radius 1 is 1.06 bits per heavy atom. The Morgan fingerprint density at radius 3 is 2.81 bits per heavy atom. The van der Waals surface area contributed by atoms with Crippen LogP contribution in [0.5, 0.6) is 0 Å². The summed E-state index contributed by atoms with van der Waals surface area (Å²) in [5, 5.41) is 3.15. The quantitative estimate of drug-likeness (QED) is 0.765. The number of hydrogen-bond donors (Lipinski definition) is 1. The third-order valence-electron chi connectivity index (χ3n) is 7.13. The number of hydrogen-bond acceptors (Lipinski definition) is 3. The van der Waals surface area contributed by atoms with E-state index in [-0.39, 0.29) is 18.0 Å². The summed E-state index contributed by atoms with van der Waals surface area (Å²) < 4.78 is 0. The average Bonchev–Trinajstić information content (AvgIpc) is 3.06. The topological polar surface area (TPSA) is 52.7 Å². The summed E-state index contributed by atoms with van der Waals surface area (Å²) in [7, 11) is 0. The van der Waals surface area contributed by atoms with E-state index in [4.69, 9.17) is 0 Å². The van der Waals surface area contributed by atoms with Gasteiger partial charge in [-0.05, 0) is 87.3 Å². The molecule has 2 heterocycles. The van der Waals surface area contributed by atoms with Crippen LogP contribution >= 0.6 is 0 Å². The fourth-order valence-corrected chi connectivity index (χ4v) is 5.53. The first kappa shape index (κ1) is 20.1. The Morgan fingerprint density at radius 2 is 1.94 bits per heavy atom. The van der Waals surface area contributed by atoms with Gasteiger partial charge in [0.25, 0.3) is 11.8 Å². The lowest BCUT2D eigenvalue weighted by molar-refractivity contribution is 0.0656. The lowest BCUT2D eigenvalue weighted by Crippen LogP contribution is -2.55. The number of benzene rings is 2. The first-order chi connectivity index (χ1) is 15.2. The molecule has 162 valence electrons. The summed E-state index contributed by atoms with van der Waals surface area (Å²) in [5.41, 5.74) is 5.79. The maximum absolute atomic E-state index is 13.2. The number of fused-ring (bicyclic) bond motifs is 3. The van der Waals surface area contributed by atoms with Crippen LogP contribution in [0.4, 0.5) is 11.4 Å². The second-order valence-electron chi connectivity index (χ2n) is 8.95. The largest absolute Gasteiger partial charge is 0.351 e. The van der Waals surface area contributed by atoms with E-state index in [1.807, 2.05) is 29.2 Å². The average molecular weight is 418 g/mol. The number of nitrogens with zero attached hydrogens (tertiary/aromatic N) is 2. The molecule has 1 unspecified atom stereocenters. The fourth-order valence-electron chi connectivity index (χ4n) is 5.53.